The first-order valence-electron chi connectivity index (χ1n) is 4.21. The molecule has 1 aromatic carbocycles. The van der Waals surface area contributed by atoms with E-state index in [0.717, 1.165) is 0 Å². The van der Waals surface area contributed by atoms with Gasteiger partial charge in [-0.15, -0.1) is 0 Å². The van der Waals surface area contributed by atoms with Crippen LogP contribution >= 0.6 is 0 Å². The van der Waals surface area contributed by atoms with Gasteiger partial charge in [0.15, 0.2) is 0 Å². The van der Waals surface area contributed by atoms with Crippen molar-refractivity contribution in [2.24, 2.45) is 11.5 Å². The lowest BCUT2D eigenvalue weighted by atomic mass is 10.3. The van der Waals surface area contributed by atoms with E-state index in [-0.39, 0.29) is 5.75 Å². The van der Waals surface area contributed by atoms with Gasteiger partial charge in [0.05, 0.1) is 0 Å². The Kier molecular flexibility index (Phi) is 3.30. The molecule has 0 aliphatic carbocycles. The van der Waals surface area contributed by atoms with Crippen LogP contribution in [0.4, 0.5) is 10.5 Å². The number of carbonyl (C=O) groups is 1. The molecule has 0 radical (unpaired) electrons. The molecule has 0 unspecified atom stereocenters. The number of nitrogens with zero attached hydrogens (tertiary/aromatic N) is 1. The summed E-state index contributed by atoms with van der Waals surface area (Å²) in [5.41, 5.74) is 11.1. The molecule has 5 heteroatoms. The number of hydrogen-bond acceptors (Lipinski definition) is 3. The van der Waals surface area contributed by atoms with Crippen molar-refractivity contribution in [3.8, 4) is 5.75 Å². The maximum atomic E-state index is 11.0. The van der Waals surface area contributed by atoms with Crippen molar-refractivity contribution in [3.05, 3.63) is 24.3 Å². The van der Waals surface area contributed by atoms with E-state index in [4.69, 9.17) is 16.6 Å². The summed E-state index contributed by atoms with van der Waals surface area (Å²) in [7, 11) is 0. The van der Waals surface area contributed by atoms with Gasteiger partial charge in [-0.1, -0.05) is 0 Å². The second kappa shape index (κ2) is 4.48. The van der Waals surface area contributed by atoms with Crippen LogP contribution in [0.2, 0.25) is 0 Å². The van der Waals surface area contributed by atoms with Crippen LogP contribution in [0.25, 0.3) is 0 Å². The van der Waals surface area contributed by atoms with Gasteiger partial charge in [-0.2, -0.15) is 0 Å². The molecule has 76 valence electrons. The van der Waals surface area contributed by atoms with E-state index in [9.17, 15) is 4.79 Å². The fourth-order valence-corrected chi connectivity index (χ4v) is 1.13. The van der Waals surface area contributed by atoms with Gasteiger partial charge in [0, 0.05) is 18.8 Å². The molecule has 5 N–H and O–H groups in total. The number of phenolic OH excluding ortho intramolecular Hbond substituents is 1. The summed E-state index contributed by atoms with van der Waals surface area (Å²) in [4.78, 5) is 12.4. The van der Waals surface area contributed by atoms with E-state index in [0.29, 0.717) is 18.8 Å². The molecule has 0 aromatic heterocycles. The molecule has 14 heavy (non-hydrogen) atoms. The molecule has 1 aromatic rings. The van der Waals surface area contributed by atoms with Gasteiger partial charge in [-0.25, -0.2) is 4.79 Å². The molecule has 0 aliphatic rings. The Labute approximate surface area is 81.9 Å². The molecule has 2 amide bonds. The summed E-state index contributed by atoms with van der Waals surface area (Å²) in [6.45, 7) is 0.698. The molecular formula is C9H13N3O2. The highest BCUT2D eigenvalue weighted by Gasteiger charge is 2.10. The van der Waals surface area contributed by atoms with Crippen LogP contribution in [0.5, 0.6) is 5.75 Å². The molecule has 0 saturated heterocycles. The third kappa shape index (κ3) is 2.37. The topological polar surface area (TPSA) is 92.6 Å². The molecule has 0 spiro atoms. The molecule has 0 saturated carbocycles. The van der Waals surface area contributed by atoms with E-state index in [1.54, 1.807) is 12.1 Å². The Morgan fingerprint density at radius 1 is 1.36 bits per heavy atom. The number of primary amides is 1. The Hall–Kier alpha value is -1.75. The largest absolute Gasteiger partial charge is 0.508 e. The lowest BCUT2D eigenvalue weighted by Gasteiger charge is -2.19. The zero-order valence-electron chi connectivity index (χ0n) is 7.68. The quantitative estimate of drug-likeness (QED) is 0.644. The fourth-order valence-electron chi connectivity index (χ4n) is 1.13. The summed E-state index contributed by atoms with van der Waals surface area (Å²) in [5, 5.41) is 9.05. The molecule has 5 nitrogen and oxygen atoms in total. The Bertz CT molecular complexity index is 310. The molecule has 1 rings (SSSR count). The first-order chi connectivity index (χ1) is 6.65. The van der Waals surface area contributed by atoms with Crippen molar-refractivity contribution in [1.82, 2.24) is 0 Å². The minimum absolute atomic E-state index is 0.144. The number of anilines is 1. The molecule has 0 bridgehead atoms. The van der Waals surface area contributed by atoms with E-state index >= 15 is 0 Å². The molecule has 0 heterocycles. The van der Waals surface area contributed by atoms with Gasteiger partial charge in [-0.3, -0.25) is 4.90 Å². The monoisotopic (exact) mass is 195 g/mol. The van der Waals surface area contributed by atoms with Gasteiger partial charge in [0.2, 0.25) is 0 Å². The predicted molar refractivity (Wildman–Crippen MR) is 54.1 cm³/mol. The highest BCUT2D eigenvalue weighted by molar-refractivity contribution is 5.90. The number of nitrogens with two attached hydrogens (primary N) is 2. The molecule has 0 aliphatic heterocycles. The van der Waals surface area contributed by atoms with Crippen LogP contribution in [0.3, 0.4) is 0 Å². The summed E-state index contributed by atoms with van der Waals surface area (Å²) in [6.07, 6.45) is 0. The zero-order chi connectivity index (χ0) is 10.6. The standard InChI is InChI=1S/C9H13N3O2/c10-5-6-12(9(11)14)7-1-3-8(13)4-2-7/h1-4,13H,5-6,10H2,(H2,11,14). The number of rotatable bonds is 3. The van der Waals surface area contributed by atoms with Gasteiger partial charge in [0.1, 0.15) is 5.75 Å². The highest BCUT2D eigenvalue weighted by atomic mass is 16.3. The van der Waals surface area contributed by atoms with Crippen LogP contribution in [0, 0.1) is 0 Å². The lowest BCUT2D eigenvalue weighted by Crippen LogP contribution is -2.39. The minimum Gasteiger partial charge on any atom is -0.508 e. The molecule has 0 atom stereocenters. The van der Waals surface area contributed by atoms with E-state index in [1.165, 1.54) is 17.0 Å². The van der Waals surface area contributed by atoms with Crippen LogP contribution in [-0.4, -0.2) is 24.2 Å². The smallest absolute Gasteiger partial charge is 0.319 e. The molecular weight excluding hydrogens is 182 g/mol. The van der Waals surface area contributed by atoms with Gasteiger partial charge in [0.25, 0.3) is 0 Å². The minimum atomic E-state index is -0.555. The SMILES string of the molecule is NCCN(C(N)=O)c1ccc(O)cc1. The Balaban J connectivity index is 2.87. The fraction of sp³-hybridized carbons (Fsp3) is 0.222. The van der Waals surface area contributed by atoms with Crippen molar-refractivity contribution >= 4 is 11.7 Å². The second-order valence-electron chi connectivity index (χ2n) is 2.79. The number of carbonyl (C=O) groups excluding carboxylic acids is 1. The highest BCUT2D eigenvalue weighted by Crippen LogP contribution is 2.17. The third-order valence-corrected chi connectivity index (χ3v) is 1.78. The van der Waals surface area contributed by atoms with E-state index in [2.05, 4.69) is 0 Å². The van der Waals surface area contributed by atoms with Gasteiger partial charge < -0.3 is 16.6 Å². The summed E-state index contributed by atoms with van der Waals surface area (Å²) in [6, 6.07) is 5.64. The normalized spacial score (nSPS) is 9.79. The first kappa shape index (κ1) is 10.3. The number of aromatic hydroxyl groups is 1. The first-order valence-corrected chi connectivity index (χ1v) is 4.21. The van der Waals surface area contributed by atoms with Crippen molar-refractivity contribution in [3.63, 3.8) is 0 Å². The maximum absolute atomic E-state index is 11.0. The summed E-state index contributed by atoms with van der Waals surface area (Å²) < 4.78 is 0. The summed E-state index contributed by atoms with van der Waals surface area (Å²) in [5.74, 6) is 0.144. The summed E-state index contributed by atoms with van der Waals surface area (Å²) >= 11 is 0. The number of hydrogen-bond donors (Lipinski definition) is 3. The number of amides is 2. The lowest BCUT2D eigenvalue weighted by molar-refractivity contribution is 0.254. The molecule has 0 fully saturated rings. The third-order valence-electron chi connectivity index (χ3n) is 1.78. The van der Waals surface area contributed by atoms with Crippen molar-refractivity contribution in [2.75, 3.05) is 18.0 Å². The Morgan fingerprint density at radius 2 is 1.93 bits per heavy atom. The number of benzene rings is 1. The average molecular weight is 195 g/mol. The average Bonchev–Trinajstić information content (AvgIpc) is 2.15. The van der Waals surface area contributed by atoms with E-state index in [1.807, 2.05) is 0 Å². The Morgan fingerprint density at radius 3 is 2.36 bits per heavy atom. The van der Waals surface area contributed by atoms with Crippen molar-refractivity contribution < 1.29 is 9.90 Å². The van der Waals surface area contributed by atoms with Crippen molar-refractivity contribution in [1.29, 1.82) is 0 Å². The van der Waals surface area contributed by atoms with Crippen molar-refractivity contribution in [2.45, 2.75) is 0 Å². The van der Waals surface area contributed by atoms with Crippen LogP contribution in [0.15, 0.2) is 24.3 Å². The van der Waals surface area contributed by atoms with E-state index < -0.39 is 6.03 Å². The van der Waals surface area contributed by atoms with Crippen LogP contribution in [0.1, 0.15) is 0 Å². The second-order valence-corrected chi connectivity index (χ2v) is 2.79. The number of urea groups is 1. The zero-order valence-corrected chi connectivity index (χ0v) is 7.68. The maximum Gasteiger partial charge on any atom is 0.319 e. The number of phenols is 1. The van der Waals surface area contributed by atoms with Crippen LogP contribution < -0.4 is 16.4 Å². The van der Waals surface area contributed by atoms with Crippen LogP contribution in [-0.2, 0) is 0 Å². The van der Waals surface area contributed by atoms with Gasteiger partial charge >= 0.3 is 6.03 Å². The predicted octanol–water partition coefficient (Wildman–Crippen LogP) is 0.236. The van der Waals surface area contributed by atoms with Gasteiger partial charge in [-0.05, 0) is 24.3 Å².